The van der Waals surface area contributed by atoms with Gasteiger partial charge in [-0.25, -0.2) is 8.42 Å². The molecule has 0 saturated heterocycles. The van der Waals surface area contributed by atoms with Gasteiger partial charge in [-0.15, -0.1) is 0 Å². The van der Waals surface area contributed by atoms with Crippen LogP contribution in [0.1, 0.15) is 55.7 Å². The highest BCUT2D eigenvalue weighted by atomic mass is 35.5. The molecule has 1 atom stereocenters. The van der Waals surface area contributed by atoms with Crippen molar-refractivity contribution in [2.75, 3.05) is 10.8 Å². The summed E-state index contributed by atoms with van der Waals surface area (Å²) in [7, 11) is -4.14. The molecule has 1 aliphatic carbocycles. The Morgan fingerprint density at radius 2 is 1.61 bits per heavy atom. The summed E-state index contributed by atoms with van der Waals surface area (Å²) in [6.07, 6.45) is 5.13. The molecular formula is C32H38ClN3O4S. The monoisotopic (exact) mass is 595 g/mol. The zero-order valence-electron chi connectivity index (χ0n) is 23.8. The number of anilines is 1. The first-order valence-electron chi connectivity index (χ1n) is 14.0. The summed E-state index contributed by atoms with van der Waals surface area (Å²) in [6.45, 7) is 5.20. The van der Waals surface area contributed by atoms with Crippen molar-refractivity contribution < 1.29 is 18.0 Å². The lowest BCUT2D eigenvalue weighted by atomic mass is 9.95. The summed E-state index contributed by atoms with van der Waals surface area (Å²) in [5.41, 5.74) is 3.06. The maximum absolute atomic E-state index is 14.1. The van der Waals surface area contributed by atoms with Crippen LogP contribution in [-0.2, 0) is 26.2 Å². The van der Waals surface area contributed by atoms with Crippen LogP contribution in [0, 0.1) is 13.8 Å². The second-order valence-corrected chi connectivity index (χ2v) is 13.1. The number of benzene rings is 3. The fraction of sp³-hybridized carbons (Fsp3) is 0.375. The molecule has 0 aliphatic heterocycles. The molecule has 1 saturated carbocycles. The van der Waals surface area contributed by atoms with E-state index in [1.807, 2.05) is 38.1 Å². The molecule has 1 aliphatic rings. The number of halogens is 1. The van der Waals surface area contributed by atoms with Gasteiger partial charge in [0.05, 0.1) is 10.6 Å². The molecule has 0 radical (unpaired) electrons. The first-order chi connectivity index (χ1) is 19.5. The topological polar surface area (TPSA) is 86.8 Å². The Hall–Kier alpha value is -3.36. The number of aryl methyl sites for hydroxylation is 2. The van der Waals surface area contributed by atoms with E-state index in [2.05, 4.69) is 5.32 Å². The maximum Gasteiger partial charge on any atom is 0.264 e. The Labute approximate surface area is 248 Å². The molecule has 41 heavy (non-hydrogen) atoms. The van der Waals surface area contributed by atoms with Crippen molar-refractivity contribution >= 4 is 39.1 Å². The minimum Gasteiger partial charge on any atom is -0.352 e. The molecule has 3 aromatic carbocycles. The third-order valence-electron chi connectivity index (χ3n) is 7.54. The molecule has 0 spiro atoms. The smallest absolute Gasteiger partial charge is 0.264 e. The summed E-state index contributed by atoms with van der Waals surface area (Å²) in [4.78, 5) is 29.0. The van der Waals surface area contributed by atoms with Gasteiger partial charge in [0.15, 0.2) is 0 Å². The van der Waals surface area contributed by atoms with Crippen LogP contribution in [0.4, 0.5) is 5.69 Å². The van der Waals surface area contributed by atoms with E-state index in [0.29, 0.717) is 5.02 Å². The minimum absolute atomic E-state index is 0.0594. The molecule has 0 bridgehead atoms. The average molecular weight is 596 g/mol. The molecule has 0 aromatic heterocycles. The van der Waals surface area contributed by atoms with Crippen LogP contribution in [-0.4, -0.2) is 43.8 Å². The Morgan fingerprint density at radius 1 is 0.927 bits per heavy atom. The number of carbonyl (C=O) groups is 2. The molecule has 9 heteroatoms. The molecule has 1 fully saturated rings. The molecule has 1 unspecified atom stereocenters. The van der Waals surface area contributed by atoms with Crippen molar-refractivity contribution in [1.82, 2.24) is 10.2 Å². The first kappa shape index (κ1) is 30.6. The average Bonchev–Trinajstić information content (AvgIpc) is 2.95. The van der Waals surface area contributed by atoms with Gasteiger partial charge >= 0.3 is 0 Å². The van der Waals surface area contributed by atoms with Crippen molar-refractivity contribution in [3.8, 4) is 0 Å². The summed E-state index contributed by atoms with van der Waals surface area (Å²) in [6, 6.07) is 19.9. The number of carbonyl (C=O) groups excluding carboxylic acids is 2. The van der Waals surface area contributed by atoms with E-state index >= 15 is 0 Å². The van der Waals surface area contributed by atoms with Gasteiger partial charge in [-0.3, -0.25) is 13.9 Å². The van der Waals surface area contributed by atoms with E-state index < -0.39 is 28.5 Å². The number of nitrogens with one attached hydrogen (secondary N) is 1. The highest BCUT2D eigenvalue weighted by molar-refractivity contribution is 7.92. The van der Waals surface area contributed by atoms with Crippen LogP contribution in [0.2, 0.25) is 5.02 Å². The molecule has 218 valence electrons. The Kier molecular flexibility index (Phi) is 10.1. The molecule has 7 nitrogen and oxygen atoms in total. The summed E-state index contributed by atoms with van der Waals surface area (Å²) in [5, 5.41) is 3.47. The van der Waals surface area contributed by atoms with E-state index in [4.69, 9.17) is 11.6 Å². The second-order valence-electron chi connectivity index (χ2n) is 10.8. The van der Waals surface area contributed by atoms with Crippen molar-refractivity contribution in [2.24, 2.45) is 0 Å². The Morgan fingerprint density at radius 3 is 2.27 bits per heavy atom. The zero-order valence-corrected chi connectivity index (χ0v) is 25.4. The lowest BCUT2D eigenvalue weighted by molar-refractivity contribution is -0.139. The van der Waals surface area contributed by atoms with Gasteiger partial charge in [0.2, 0.25) is 11.8 Å². The minimum atomic E-state index is -4.14. The van der Waals surface area contributed by atoms with Crippen molar-refractivity contribution in [3.63, 3.8) is 0 Å². The van der Waals surface area contributed by atoms with Gasteiger partial charge in [-0.05, 0) is 69.5 Å². The number of hydrogen-bond acceptors (Lipinski definition) is 4. The Balaban J connectivity index is 1.68. The van der Waals surface area contributed by atoms with Gasteiger partial charge in [0.25, 0.3) is 10.0 Å². The molecule has 1 N–H and O–H groups in total. The molecule has 4 rings (SSSR count). The van der Waals surface area contributed by atoms with Crippen LogP contribution in [0.5, 0.6) is 0 Å². The predicted octanol–water partition coefficient (Wildman–Crippen LogP) is 6.02. The summed E-state index contributed by atoms with van der Waals surface area (Å²) < 4.78 is 28.9. The van der Waals surface area contributed by atoms with Crippen LogP contribution in [0.25, 0.3) is 0 Å². The van der Waals surface area contributed by atoms with Crippen molar-refractivity contribution in [3.05, 3.63) is 94.5 Å². The van der Waals surface area contributed by atoms with Crippen molar-refractivity contribution in [1.29, 1.82) is 0 Å². The molecule has 2 amide bonds. The highest BCUT2D eigenvalue weighted by Gasteiger charge is 2.33. The van der Waals surface area contributed by atoms with E-state index in [9.17, 15) is 18.0 Å². The largest absolute Gasteiger partial charge is 0.352 e. The van der Waals surface area contributed by atoms with Gasteiger partial charge in [0, 0.05) is 17.6 Å². The SMILES string of the molecule is Cc1ccc(S(=O)(=O)N(CC(=O)N(Cc2cccc(C)c2)C(C)C(=O)NC2CCCCC2)c2cccc(Cl)c2)cc1. The van der Waals surface area contributed by atoms with Gasteiger partial charge < -0.3 is 10.2 Å². The molecule has 0 heterocycles. The highest BCUT2D eigenvalue weighted by Crippen LogP contribution is 2.27. The quantitative estimate of drug-likeness (QED) is 0.311. The fourth-order valence-electron chi connectivity index (χ4n) is 5.16. The van der Waals surface area contributed by atoms with E-state index in [1.165, 1.54) is 23.1 Å². The number of sulfonamides is 1. The van der Waals surface area contributed by atoms with E-state index in [-0.39, 0.29) is 29.1 Å². The lowest BCUT2D eigenvalue weighted by Crippen LogP contribution is -2.53. The fourth-order valence-corrected chi connectivity index (χ4v) is 6.75. The second kappa shape index (κ2) is 13.5. The third kappa shape index (κ3) is 7.89. The van der Waals surface area contributed by atoms with Gasteiger partial charge in [-0.2, -0.15) is 0 Å². The Bertz CT molecular complexity index is 1470. The zero-order chi connectivity index (χ0) is 29.6. The number of rotatable bonds is 10. The molecular weight excluding hydrogens is 558 g/mol. The van der Waals surface area contributed by atoms with Crippen molar-refractivity contribution in [2.45, 2.75) is 76.4 Å². The number of nitrogens with zero attached hydrogens (tertiary/aromatic N) is 2. The van der Waals surface area contributed by atoms with Gasteiger partial charge in [0.1, 0.15) is 12.6 Å². The van der Waals surface area contributed by atoms with Crippen LogP contribution >= 0.6 is 11.6 Å². The first-order valence-corrected chi connectivity index (χ1v) is 15.9. The van der Waals surface area contributed by atoms with Crippen LogP contribution in [0.15, 0.2) is 77.7 Å². The van der Waals surface area contributed by atoms with Crippen LogP contribution in [0.3, 0.4) is 0 Å². The van der Waals surface area contributed by atoms with Crippen LogP contribution < -0.4 is 9.62 Å². The van der Waals surface area contributed by atoms with E-state index in [0.717, 1.165) is 53.1 Å². The van der Waals surface area contributed by atoms with E-state index in [1.54, 1.807) is 37.3 Å². The third-order valence-corrected chi connectivity index (χ3v) is 9.56. The normalized spacial score (nSPS) is 14.7. The number of amides is 2. The molecule has 3 aromatic rings. The standard InChI is InChI=1S/C32H38ClN3O4S/c1-23-15-17-30(18-16-23)41(39,40)36(29-14-8-11-27(33)20-29)22-31(37)35(21-26-10-7-9-24(2)19-26)25(3)32(38)34-28-12-5-4-6-13-28/h7-11,14-20,25,28H,4-6,12-13,21-22H2,1-3H3,(H,34,38). The lowest BCUT2D eigenvalue weighted by Gasteiger charge is -2.33. The summed E-state index contributed by atoms with van der Waals surface area (Å²) >= 11 is 6.24. The maximum atomic E-state index is 14.1. The van der Waals surface area contributed by atoms with Gasteiger partial charge in [-0.1, -0.05) is 84.5 Å². The summed E-state index contributed by atoms with van der Waals surface area (Å²) in [5.74, 6) is -0.734. The predicted molar refractivity (Wildman–Crippen MR) is 163 cm³/mol. The number of hydrogen-bond donors (Lipinski definition) is 1.